The van der Waals surface area contributed by atoms with Crippen LogP contribution in [0.5, 0.6) is 5.75 Å². The van der Waals surface area contributed by atoms with E-state index in [1.807, 2.05) is 50.4 Å². The van der Waals surface area contributed by atoms with E-state index in [2.05, 4.69) is 34.7 Å². The van der Waals surface area contributed by atoms with Crippen molar-refractivity contribution < 1.29 is 14.6 Å². The van der Waals surface area contributed by atoms with E-state index in [1.54, 1.807) is 11.9 Å². The lowest BCUT2D eigenvalue weighted by molar-refractivity contribution is -0.137. The fourth-order valence-corrected chi connectivity index (χ4v) is 5.39. The van der Waals surface area contributed by atoms with Crippen molar-refractivity contribution in [1.29, 1.82) is 0 Å². The zero-order valence-corrected chi connectivity index (χ0v) is 20.6. The van der Waals surface area contributed by atoms with Crippen molar-refractivity contribution in [1.82, 2.24) is 4.31 Å². The molecular weight excluding hydrogens is 446 g/mol. The van der Waals surface area contributed by atoms with Crippen LogP contribution in [0.15, 0.2) is 59.5 Å². The Morgan fingerprint density at radius 2 is 2.00 bits per heavy atom. The Kier molecular flexibility index (Phi) is 7.34. The molecule has 4 rings (SSSR count). The second kappa shape index (κ2) is 10.4. The first kappa shape index (κ1) is 24.0. The smallest absolute Gasteiger partial charge is 0.304 e. The highest BCUT2D eigenvalue weighted by molar-refractivity contribution is 7.97. The van der Waals surface area contributed by atoms with Gasteiger partial charge in [-0.15, -0.1) is 0 Å². The van der Waals surface area contributed by atoms with Crippen molar-refractivity contribution in [2.75, 3.05) is 31.2 Å². The average molecular weight is 478 g/mol. The molecular formula is C27H31N3O3S. The average Bonchev–Trinajstić information content (AvgIpc) is 3.02. The summed E-state index contributed by atoms with van der Waals surface area (Å²) in [5.74, 6) is -0.203. The molecule has 34 heavy (non-hydrogen) atoms. The van der Waals surface area contributed by atoms with Gasteiger partial charge in [0.05, 0.1) is 22.7 Å². The number of nitrogens with one attached hydrogen (secondary N) is 1. The van der Waals surface area contributed by atoms with Gasteiger partial charge in [0.25, 0.3) is 0 Å². The minimum Gasteiger partial charge on any atom is -0.491 e. The molecule has 7 heteroatoms. The van der Waals surface area contributed by atoms with E-state index in [0.29, 0.717) is 12.3 Å². The fraction of sp³-hybridized carbons (Fsp3) is 0.296. The SMILES string of the molecule is CNc1ccc(C(CC(=O)O)c2ccc(C)c(CN3CCOc4ccccc4S3)c2)c(C)c1N. The third-order valence-electron chi connectivity index (χ3n) is 6.38. The van der Waals surface area contributed by atoms with Gasteiger partial charge in [0.2, 0.25) is 0 Å². The van der Waals surface area contributed by atoms with E-state index in [0.717, 1.165) is 46.1 Å². The lowest BCUT2D eigenvalue weighted by Crippen LogP contribution is -2.20. The topological polar surface area (TPSA) is 87.8 Å². The Bertz CT molecular complexity index is 1200. The van der Waals surface area contributed by atoms with Gasteiger partial charge in [0.15, 0.2) is 0 Å². The number of nitrogens with two attached hydrogens (primary N) is 1. The number of carboxylic acids is 1. The summed E-state index contributed by atoms with van der Waals surface area (Å²) >= 11 is 1.70. The Labute approximate surface area is 205 Å². The first-order chi connectivity index (χ1) is 16.4. The summed E-state index contributed by atoms with van der Waals surface area (Å²) in [6.45, 7) is 6.22. The second-order valence-electron chi connectivity index (χ2n) is 8.58. The van der Waals surface area contributed by atoms with Crippen LogP contribution in [0.2, 0.25) is 0 Å². The molecule has 0 fully saturated rings. The van der Waals surface area contributed by atoms with Gasteiger partial charge in [-0.05, 0) is 71.8 Å². The number of fused-ring (bicyclic) bond motifs is 1. The van der Waals surface area contributed by atoms with E-state index in [4.69, 9.17) is 10.5 Å². The largest absolute Gasteiger partial charge is 0.491 e. The number of ether oxygens (including phenoxy) is 1. The number of para-hydroxylation sites is 1. The predicted octanol–water partition coefficient (Wildman–Crippen LogP) is 5.44. The number of hydrogen-bond donors (Lipinski definition) is 3. The number of rotatable bonds is 7. The zero-order chi connectivity index (χ0) is 24.2. The third kappa shape index (κ3) is 5.16. The number of nitrogen functional groups attached to an aromatic ring is 1. The van der Waals surface area contributed by atoms with Crippen LogP contribution in [-0.2, 0) is 11.3 Å². The molecule has 1 aliphatic rings. The normalized spacial score (nSPS) is 14.6. The van der Waals surface area contributed by atoms with Gasteiger partial charge >= 0.3 is 5.97 Å². The lowest BCUT2D eigenvalue weighted by atomic mass is 9.84. The highest BCUT2D eigenvalue weighted by Crippen LogP contribution is 2.38. The van der Waals surface area contributed by atoms with E-state index >= 15 is 0 Å². The maximum atomic E-state index is 11.8. The van der Waals surface area contributed by atoms with E-state index in [1.165, 1.54) is 11.1 Å². The molecule has 178 valence electrons. The Morgan fingerprint density at radius 1 is 1.21 bits per heavy atom. The van der Waals surface area contributed by atoms with Crippen molar-refractivity contribution in [3.05, 3.63) is 82.4 Å². The number of aryl methyl sites for hydroxylation is 1. The summed E-state index contributed by atoms with van der Waals surface area (Å²) in [6.07, 6.45) is 0.00135. The molecule has 1 heterocycles. The molecule has 0 saturated heterocycles. The maximum Gasteiger partial charge on any atom is 0.304 e. The van der Waals surface area contributed by atoms with Crippen molar-refractivity contribution in [3.63, 3.8) is 0 Å². The number of anilines is 2. The molecule has 0 radical (unpaired) electrons. The van der Waals surface area contributed by atoms with E-state index in [-0.39, 0.29) is 12.3 Å². The molecule has 0 amide bonds. The molecule has 1 aliphatic heterocycles. The summed E-state index contributed by atoms with van der Waals surface area (Å²) in [5.41, 5.74) is 13.0. The van der Waals surface area contributed by atoms with Crippen molar-refractivity contribution >= 4 is 29.3 Å². The fourth-order valence-electron chi connectivity index (χ4n) is 4.39. The summed E-state index contributed by atoms with van der Waals surface area (Å²) in [5, 5.41) is 12.8. The highest BCUT2D eigenvalue weighted by atomic mass is 32.2. The molecule has 3 aromatic rings. The van der Waals surface area contributed by atoms with Crippen LogP contribution in [0.3, 0.4) is 0 Å². The second-order valence-corrected chi connectivity index (χ2v) is 9.72. The molecule has 0 aromatic heterocycles. The van der Waals surface area contributed by atoms with Gasteiger partial charge in [-0.2, -0.15) is 0 Å². The van der Waals surface area contributed by atoms with Crippen LogP contribution in [0.25, 0.3) is 0 Å². The first-order valence-corrected chi connectivity index (χ1v) is 12.2. The van der Waals surface area contributed by atoms with Gasteiger partial charge in [0, 0.05) is 26.1 Å². The number of hydrogen-bond acceptors (Lipinski definition) is 6. The number of carboxylic acid groups (broad SMARTS) is 1. The summed E-state index contributed by atoms with van der Waals surface area (Å²) in [4.78, 5) is 12.9. The third-order valence-corrected chi connectivity index (χ3v) is 7.48. The van der Waals surface area contributed by atoms with Crippen LogP contribution < -0.4 is 15.8 Å². The van der Waals surface area contributed by atoms with Gasteiger partial charge in [-0.25, -0.2) is 4.31 Å². The molecule has 6 nitrogen and oxygen atoms in total. The van der Waals surface area contributed by atoms with Crippen LogP contribution in [0, 0.1) is 13.8 Å². The molecule has 0 saturated carbocycles. The molecule has 0 aliphatic carbocycles. The number of carbonyl (C=O) groups is 1. The summed E-state index contributed by atoms with van der Waals surface area (Å²) in [7, 11) is 1.83. The number of nitrogens with zero attached hydrogens (tertiary/aromatic N) is 1. The molecule has 3 aromatic carbocycles. The first-order valence-electron chi connectivity index (χ1n) is 11.4. The Hall–Kier alpha value is -3.16. The maximum absolute atomic E-state index is 11.8. The lowest BCUT2D eigenvalue weighted by Gasteiger charge is -2.24. The molecule has 1 unspecified atom stereocenters. The van der Waals surface area contributed by atoms with Gasteiger partial charge in [-0.1, -0.05) is 36.4 Å². The van der Waals surface area contributed by atoms with Crippen LogP contribution in [-0.4, -0.2) is 35.6 Å². The van der Waals surface area contributed by atoms with Crippen LogP contribution in [0.1, 0.15) is 40.2 Å². The van der Waals surface area contributed by atoms with Crippen molar-refractivity contribution in [3.8, 4) is 5.75 Å². The van der Waals surface area contributed by atoms with Crippen molar-refractivity contribution in [2.24, 2.45) is 0 Å². The molecule has 0 bridgehead atoms. The minimum absolute atomic E-state index is 0.00135. The zero-order valence-electron chi connectivity index (χ0n) is 19.8. The summed E-state index contributed by atoms with van der Waals surface area (Å²) < 4.78 is 8.21. The quantitative estimate of drug-likeness (QED) is 0.309. The molecule has 0 spiro atoms. The Balaban J connectivity index is 1.66. The van der Waals surface area contributed by atoms with E-state index < -0.39 is 5.97 Å². The van der Waals surface area contributed by atoms with Gasteiger partial charge in [0.1, 0.15) is 12.4 Å². The number of benzene rings is 3. The molecule has 4 N–H and O–H groups in total. The monoisotopic (exact) mass is 477 g/mol. The molecule has 1 atom stereocenters. The number of aliphatic carboxylic acids is 1. The van der Waals surface area contributed by atoms with E-state index in [9.17, 15) is 9.90 Å². The van der Waals surface area contributed by atoms with Gasteiger partial charge in [-0.3, -0.25) is 4.79 Å². The van der Waals surface area contributed by atoms with Crippen molar-refractivity contribution in [2.45, 2.75) is 37.6 Å². The minimum atomic E-state index is -0.834. The van der Waals surface area contributed by atoms with Crippen LogP contribution in [0.4, 0.5) is 11.4 Å². The Morgan fingerprint density at radius 3 is 2.76 bits per heavy atom. The highest BCUT2D eigenvalue weighted by Gasteiger charge is 2.23. The van der Waals surface area contributed by atoms with Gasteiger partial charge < -0.3 is 20.9 Å². The predicted molar refractivity (Wildman–Crippen MR) is 139 cm³/mol. The standard InChI is InChI=1S/C27H31N3O3S/c1-17-8-9-19(22(15-26(31)32)21-10-11-23(29-3)27(28)18(21)2)14-20(17)16-30-12-13-33-24-6-4-5-7-25(24)34-30/h4-11,14,22,29H,12-13,15-16,28H2,1-3H3,(H,31,32). The summed E-state index contributed by atoms with van der Waals surface area (Å²) in [6, 6.07) is 18.3. The van der Waals surface area contributed by atoms with Crippen LogP contribution >= 0.6 is 11.9 Å².